The predicted octanol–water partition coefficient (Wildman–Crippen LogP) is 4.47. The second-order valence-corrected chi connectivity index (χ2v) is 11.2. The maximum atomic E-state index is 13.0. The molecule has 3 N–H and O–H groups in total. The fourth-order valence-corrected chi connectivity index (χ4v) is 5.98. The average Bonchev–Trinajstić information content (AvgIpc) is 2.81. The molecule has 0 radical (unpaired) electrons. The van der Waals surface area contributed by atoms with Crippen LogP contribution in [-0.4, -0.2) is 30.9 Å². The van der Waals surface area contributed by atoms with Crippen molar-refractivity contribution in [2.75, 3.05) is 19.0 Å². The lowest BCUT2D eigenvalue weighted by atomic mass is 9.99. The van der Waals surface area contributed by atoms with Gasteiger partial charge in [-0.05, 0) is 53.6 Å². The van der Waals surface area contributed by atoms with E-state index in [9.17, 15) is 16.8 Å². The van der Waals surface area contributed by atoms with Crippen LogP contribution in [0.2, 0.25) is 0 Å². The smallest absolute Gasteiger partial charge is 0.287 e. The highest BCUT2D eigenvalue weighted by Crippen LogP contribution is 2.36. The van der Waals surface area contributed by atoms with Gasteiger partial charge in [-0.15, -0.1) is 0 Å². The van der Waals surface area contributed by atoms with Crippen LogP contribution in [0.15, 0.2) is 100 Å². The van der Waals surface area contributed by atoms with Gasteiger partial charge in [-0.2, -0.15) is 18.6 Å². The zero-order valence-electron chi connectivity index (χ0n) is 19.0. The summed E-state index contributed by atoms with van der Waals surface area (Å²) < 4.78 is 50.6. The van der Waals surface area contributed by atoms with E-state index in [1.54, 1.807) is 40.5 Å². The molecule has 0 atom stereocenters. The highest BCUT2D eigenvalue weighted by molar-refractivity contribution is 8.03. The van der Waals surface area contributed by atoms with E-state index in [4.69, 9.17) is 5.14 Å². The zero-order chi connectivity index (χ0) is 25.2. The van der Waals surface area contributed by atoms with Crippen LogP contribution in [0.5, 0.6) is 0 Å². The molecule has 4 aromatic carbocycles. The van der Waals surface area contributed by atoms with E-state index in [1.165, 1.54) is 6.07 Å². The summed E-state index contributed by atoms with van der Waals surface area (Å²) >= 11 is 0. The second-order valence-electron chi connectivity index (χ2n) is 7.96. The van der Waals surface area contributed by atoms with Crippen LogP contribution in [0.25, 0.3) is 21.9 Å². The Hall–Kier alpha value is -3.64. The Balaban J connectivity index is 1.83. The third-order valence-electron chi connectivity index (χ3n) is 5.17. The van der Waals surface area contributed by atoms with E-state index < -0.39 is 20.2 Å². The van der Waals surface area contributed by atoms with Crippen LogP contribution in [0.4, 0.5) is 17.1 Å². The van der Waals surface area contributed by atoms with Gasteiger partial charge in [0.25, 0.3) is 20.2 Å². The predicted molar refractivity (Wildman–Crippen MR) is 138 cm³/mol. The van der Waals surface area contributed by atoms with Crippen molar-refractivity contribution in [3.63, 3.8) is 0 Å². The summed E-state index contributed by atoms with van der Waals surface area (Å²) in [5.41, 5.74) is 3.40. The van der Waals surface area contributed by atoms with Crippen molar-refractivity contribution in [3.8, 4) is 11.1 Å². The van der Waals surface area contributed by atoms with Gasteiger partial charge in [0.05, 0.1) is 16.3 Å². The number of sulfonamides is 1. The number of anilines is 1. The van der Waals surface area contributed by atoms with E-state index >= 15 is 0 Å². The third-order valence-corrected chi connectivity index (χ3v) is 7.89. The van der Waals surface area contributed by atoms with Crippen molar-refractivity contribution in [2.24, 2.45) is 15.4 Å². The average molecular weight is 510 g/mol. The van der Waals surface area contributed by atoms with Gasteiger partial charge in [0.2, 0.25) is 0 Å². The van der Waals surface area contributed by atoms with Crippen LogP contribution in [0, 0.1) is 0 Å². The summed E-state index contributed by atoms with van der Waals surface area (Å²) in [6.07, 6.45) is 0. The minimum Gasteiger partial charge on any atom is -0.377 e. The maximum absolute atomic E-state index is 13.0. The Morgan fingerprint density at radius 3 is 1.94 bits per heavy atom. The highest BCUT2D eigenvalue weighted by atomic mass is 32.3. The molecule has 4 aromatic rings. The summed E-state index contributed by atoms with van der Waals surface area (Å²) in [5.74, 6) is 0. The Morgan fingerprint density at radius 2 is 1.34 bits per heavy atom. The molecule has 0 bridgehead atoms. The molecule has 0 fully saturated rings. The molecule has 35 heavy (non-hydrogen) atoms. The number of azo groups is 1. The molecule has 0 saturated carbocycles. The van der Waals surface area contributed by atoms with Gasteiger partial charge >= 0.3 is 0 Å². The molecule has 9 nitrogen and oxygen atoms in total. The minimum atomic E-state index is -4.51. The standard InChI is InChI=1S/C24H23N5O4S2/c1-29(2)23-10-6-9-21-22(23)15-18(16-24(21)34(30,31)28-35(25,32)33)17-11-13-20(14-12-17)27-26-19-7-4-3-5-8-19/h3-16,28H,1-2H3,(H2,25,32,33)/b27-26+. The van der Waals surface area contributed by atoms with Gasteiger partial charge in [0, 0.05) is 30.6 Å². The van der Waals surface area contributed by atoms with Gasteiger partial charge in [-0.25, -0.2) is 13.6 Å². The fourth-order valence-electron chi connectivity index (χ4n) is 3.64. The topological polar surface area (TPSA) is 134 Å². The molecule has 0 saturated heterocycles. The van der Waals surface area contributed by atoms with Gasteiger partial charge in [-0.3, -0.25) is 0 Å². The van der Waals surface area contributed by atoms with Crippen molar-refractivity contribution in [2.45, 2.75) is 4.90 Å². The van der Waals surface area contributed by atoms with Gasteiger partial charge in [0.1, 0.15) is 0 Å². The number of nitrogens with zero attached hydrogens (tertiary/aromatic N) is 3. The molecule has 0 aliphatic heterocycles. The summed E-state index contributed by atoms with van der Waals surface area (Å²) in [7, 11) is -5.31. The van der Waals surface area contributed by atoms with Gasteiger partial charge in [-0.1, -0.05) is 46.6 Å². The van der Waals surface area contributed by atoms with E-state index in [0.29, 0.717) is 27.6 Å². The summed E-state index contributed by atoms with van der Waals surface area (Å²) in [5, 5.41) is 14.4. The van der Waals surface area contributed by atoms with Gasteiger partial charge in [0.15, 0.2) is 0 Å². The van der Waals surface area contributed by atoms with E-state index in [-0.39, 0.29) is 4.90 Å². The first kappa shape index (κ1) is 24.5. The van der Waals surface area contributed by atoms with E-state index in [0.717, 1.165) is 11.4 Å². The lowest BCUT2D eigenvalue weighted by Crippen LogP contribution is -2.36. The van der Waals surface area contributed by atoms with Crippen LogP contribution in [0.3, 0.4) is 0 Å². The number of rotatable bonds is 7. The monoisotopic (exact) mass is 509 g/mol. The van der Waals surface area contributed by atoms with Crippen molar-refractivity contribution >= 4 is 48.1 Å². The molecule has 0 unspecified atom stereocenters. The maximum Gasteiger partial charge on any atom is 0.287 e. The lowest BCUT2D eigenvalue weighted by molar-refractivity contribution is 0.578. The summed E-state index contributed by atoms with van der Waals surface area (Å²) in [6, 6.07) is 24.9. The fraction of sp³-hybridized carbons (Fsp3) is 0.0833. The second kappa shape index (κ2) is 9.55. The molecular weight excluding hydrogens is 486 g/mol. The lowest BCUT2D eigenvalue weighted by Gasteiger charge is -2.18. The Bertz CT molecular complexity index is 1620. The Kier molecular flexibility index (Phi) is 6.68. The molecule has 0 aliphatic rings. The quantitative estimate of drug-likeness (QED) is 0.355. The largest absolute Gasteiger partial charge is 0.377 e. The molecule has 11 heteroatoms. The summed E-state index contributed by atoms with van der Waals surface area (Å²) in [6.45, 7) is 0. The third kappa shape index (κ3) is 5.72. The van der Waals surface area contributed by atoms with Crippen molar-refractivity contribution < 1.29 is 16.8 Å². The SMILES string of the molecule is CN(C)c1cccc2c(S(=O)(=O)NS(N)(=O)=O)cc(-c3ccc(/N=N/c4ccccc4)cc3)cc12. The normalized spacial score (nSPS) is 12.3. The molecule has 4 rings (SSSR count). The Labute approximate surface area is 204 Å². The summed E-state index contributed by atoms with van der Waals surface area (Å²) in [4.78, 5) is 1.65. The number of benzene rings is 4. The van der Waals surface area contributed by atoms with Crippen LogP contribution >= 0.6 is 0 Å². The molecule has 0 aromatic heterocycles. The molecule has 0 amide bonds. The number of nitrogens with one attached hydrogen (secondary N) is 1. The first-order valence-corrected chi connectivity index (χ1v) is 13.4. The van der Waals surface area contributed by atoms with Crippen LogP contribution < -0.4 is 14.2 Å². The molecule has 0 spiro atoms. The molecule has 0 aliphatic carbocycles. The number of fused-ring (bicyclic) bond motifs is 1. The van der Waals surface area contributed by atoms with Crippen molar-refractivity contribution in [1.82, 2.24) is 4.13 Å². The van der Waals surface area contributed by atoms with Gasteiger partial charge < -0.3 is 4.90 Å². The zero-order valence-corrected chi connectivity index (χ0v) is 20.6. The highest BCUT2D eigenvalue weighted by Gasteiger charge is 2.24. The number of hydrogen-bond acceptors (Lipinski definition) is 7. The molecule has 0 heterocycles. The van der Waals surface area contributed by atoms with Crippen LogP contribution in [0.1, 0.15) is 0 Å². The molecule has 180 valence electrons. The van der Waals surface area contributed by atoms with Crippen molar-refractivity contribution in [3.05, 3.63) is 84.9 Å². The van der Waals surface area contributed by atoms with Crippen LogP contribution in [-0.2, 0) is 20.2 Å². The first-order chi connectivity index (χ1) is 16.5. The first-order valence-electron chi connectivity index (χ1n) is 10.4. The van der Waals surface area contributed by atoms with E-state index in [1.807, 2.05) is 61.5 Å². The number of nitrogens with two attached hydrogens (primary N) is 1. The van der Waals surface area contributed by atoms with Crippen molar-refractivity contribution in [1.29, 1.82) is 0 Å². The number of hydrogen-bond donors (Lipinski definition) is 2. The Morgan fingerprint density at radius 1 is 0.714 bits per heavy atom. The van der Waals surface area contributed by atoms with E-state index in [2.05, 4.69) is 10.2 Å². The minimum absolute atomic E-state index is 0.199. The molecular formula is C24H23N5O4S2.